The molecule has 16 heavy (non-hydrogen) atoms. The zero-order valence-electron chi connectivity index (χ0n) is 9.09. The second kappa shape index (κ2) is 4.21. The summed E-state index contributed by atoms with van der Waals surface area (Å²) in [5, 5.41) is 2.08. The summed E-state index contributed by atoms with van der Waals surface area (Å²) in [5.74, 6) is 0. The van der Waals surface area contributed by atoms with Crippen molar-refractivity contribution in [3.63, 3.8) is 0 Å². The van der Waals surface area contributed by atoms with Gasteiger partial charge in [0.1, 0.15) is 0 Å². The fourth-order valence-electron chi connectivity index (χ4n) is 1.81. The van der Waals surface area contributed by atoms with Gasteiger partial charge < -0.3 is 5.73 Å². The van der Waals surface area contributed by atoms with Crippen LogP contribution in [-0.4, -0.2) is 4.98 Å². The summed E-state index contributed by atoms with van der Waals surface area (Å²) >= 11 is 12.1. The van der Waals surface area contributed by atoms with E-state index in [0.717, 1.165) is 22.2 Å². The summed E-state index contributed by atoms with van der Waals surface area (Å²) in [7, 11) is 0. The Morgan fingerprint density at radius 2 is 1.94 bits per heavy atom. The number of hydrogen-bond donors (Lipinski definition) is 1. The van der Waals surface area contributed by atoms with Crippen LogP contribution in [0, 0.1) is 6.92 Å². The van der Waals surface area contributed by atoms with E-state index in [1.165, 1.54) is 0 Å². The number of benzene rings is 1. The standard InChI is InChI=1S/C12H12Cl2N2/c1-6-3-9(7(2)15)12-10(14)4-8(13)5-11(12)16-6/h3-5,7H,15H2,1-2H3. The molecule has 1 aromatic carbocycles. The van der Waals surface area contributed by atoms with E-state index in [9.17, 15) is 0 Å². The quantitative estimate of drug-likeness (QED) is 0.840. The van der Waals surface area contributed by atoms with Gasteiger partial charge >= 0.3 is 0 Å². The Hall–Kier alpha value is -0.830. The number of halogens is 2. The van der Waals surface area contributed by atoms with Gasteiger partial charge in [-0.25, -0.2) is 0 Å². The minimum atomic E-state index is -0.0807. The molecule has 1 heterocycles. The monoisotopic (exact) mass is 254 g/mol. The van der Waals surface area contributed by atoms with Crippen molar-refractivity contribution >= 4 is 34.1 Å². The lowest BCUT2D eigenvalue weighted by atomic mass is 10.0. The first-order valence-electron chi connectivity index (χ1n) is 5.01. The molecule has 2 N–H and O–H groups in total. The van der Waals surface area contributed by atoms with Crippen molar-refractivity contribution in [2.24, 2.45) is 5.73 Å². The third-order valence-electron chi connectivity index (χ3n) is 2.47. The number of aryl methyl sites for hydroxylation is 1. The van der Waals surface area contributed by atoms with Crippen molar-refractivity contribution in [2.45, 2.75) is 19.9 Å². The second-order valence-electron chi connectivity index (χ2n) is 3.92. The van der Waals surface area contributed by atoms with Crippen LogP contribution in [0.15, 0.2) is 18.2 Å². The molecular formula is C12H12Cl2N2. The molecule has 4 heteroatoms. The largest absolute Gasteiger partial charge is 0.324 e. The lowest BCUT2D eigenvalue weighted by Gasteiger charge is -2.12. The fourth-order valence-corrected chi connectivity index (χ4v) is 2.40. The maximum Gasteiger partial charge on any atom is 0.0738 e. The van der Waals surface area contributed by atoms with Gasteiger partial charge in [-0.1, -0.05) is 23.2 Å². The number of nitrogens with two attached hydrogens (primary N) is 1. The van der Waals surface area contributed by atoms with E-state index in [4.69, 9.17) is 28.9 Å². The molecule has 1 unspecified atom stereocenters. The Bertz CT molecular complexity index is 545. The van der Waals surface area contributed by atoms with Gasteiger partial charge in [-0.15, -0.1) is 0 Å². The Morgan fingerprint density at radius 3 is 2.56 bits per heavy atom. The number of fused-ring (bicyclic) bond motifs is 1. The molecule has 0 fully saturated rings. The van der Waals surface area contributed by atoms with Gasteiger partial charge in [0.25, 0.3) is 0 Å². The van der Waals surface area contributed by atoms with Gasteiger partial charge in [0.05, 0.1) is 10.5 Å². The van der Waals surface area contributed by atoms with Crippen LogP contribution < -0.4 is 5.73 Å². The van der Waals surface area contributed by atoms with Crippen molar-refractivity contribution in [3.8, 4) is 0 Å². The van der Waals surface area contributed by atoms with Gasteiger partial charge in [0.2, 0.25) is 0 Å². The Balaban J connectivity index is 2.90. The van der Waals surface area contributed by atoms with E-state index in [-0.39, 0.29) is 6.04 Å². The molecular weight excluding hydrogens is 243 g/mol. The van der Waals surface area contributed by atoms with Gasteiger partial charge in [0, 0.05) is 22.1 Å². The molecule has 0 aliphatic heterocycles. The van der Waals surface area contributed by atoms with Crippen LogP contribution in [0.2, 0.25) is 10.0 Å². The van der Waals surface area contributed by atoms with E-state index in [1.807, 2.05) is 26.0 Å². The van der Waals surface area contributed by atoms with E-state index in [1.54, 1.807) is 6.07 Å². The topological polar surface area (TPSA) is 38.9 Å². The highest BCUT2D eigenvalue weighted by atomic mass is 35.5. The lowest BCUT2D eigenvalue weighted by molar-refractivity contribution is 0.823. The van der Waals surface area contributed by atoms with Crippen LogP contribution >= 0.6 is 23.2 Å². The Labute approximate surface area is 104 Å². The molecule has 0 spiro atoms. The van der Waals surface area contributed by atoms with Gasteiger partial charge in [-0.2, -0.15) is 0 Å². The Morgan fingerprint density at radius 1 is 1.25 bits per heavy atom. The molecule has 0 bridgehead atoms. The molecule has 0 saturated heterocycles. The van der Waals surface area contributed by atoms with Gasteiger partial charge in [0.15, 0.2) is 0 Å². The molecule has 1 aromatic heterocycles. The van der Waals surface area contributed by atoms with Crippen molar-refractivity contribution in [3.05, 3.63) is 39.5 Å². The number of aromatic nitrogens is 1. The van der Waals surface area contributed by atoms with Crippen molar-refractivity contribution in [1.29, 1.82) is 0 Å². The average Bonchev–Trinajstić information content (AvgIpc) is 2.14. The number of rotatable bonds is 1. The predicted octanol–water partition coefficient (Wildman–Crippen LogP) is 3.87. The summed E-state index contributed by atoms with van der Waals surface area (Å²) in [5.41, 5.74) is 8.65. The predicted molar refractivity (Wildman–Crippen MR) is 69.1 cm³/mol. The molecule has 0 radical (unpaired) electrons. The maximum absolute atomic E-state index is 6.18. The van der Waals surface area contributed by atoms with Crippen LogP contribution in [-0.2, 0) is 0 Å². The molecule has 0 aliphatic rings. The van der Waals surface area contributed by atoms with Crippen molar-refractivity contribution < 1.29 is 0 Å². The number of nitrogens with zero attached hydrogens (tertiary/aromatic N) is 1. The summed E-state index contributed by atoms with van der Waals surface area (Å²) in [4.78, 5) is 4.42. The second-order valence-corrected chi connectivity index (χ2v) is 4.77. The van der Waals surface area contributed by atoms with E-state index >= 15 is 0 Å². The van der Waals surface area contributed by atoms with Gasteiger partial charge in [-0.3, -0.25) is 4.98 Å². The highest BCUT2D eigenvalue weighted by Gasteiger charge is 2.11. The maximum atomic E-state index is 6.18. The van der Waals surface area contributed by atoms with E-state index in [0.29, 0.717) is 10.0 Å². The highest BCUT2D eigenvalue weighted by molar-refractivity contribution is 6.38. The van der Waals surface area contributed by atoms with E-state index in [2.05, 4.69) is 4.98 Å². The highest BCUT2D eigenvalue weighted by Crippen LogP contribution is 2.32. The number of hydrogen-bond acceptors (Lipinski definition) is 2. The lowest BCUT2D eigenvalue weighted by Crippen LogP contribution is -2.07. The molecule has 2 aromatic rings. The summed E-state index contributed by atoms with van der Waals surface area (Å²) in [6, 6.07) is 5.41. The first kappa shape index (κ1) is 11.6. The van der Waals surface area contributed by atoms with Crippen LogP contribution in [0.1, 0.15) is 24.2 Å². The molecule has 0 saturated carbocycles. The van der Waals surface area contributed by atoms with Crippen LogP contribution in [0.3, 0.4) is 0 Å². The first-order chi connectivity index (χ1) is 7.49. The normalized spacial score (nSPS) is 13.1. The van der Waals surface area contributed by atoms with Crippen molar-refractivity contribution in [2.75, 3.05) is 0 Å². The van der Waals surface area contributed by atoms with Crippen LogP contribution in [0.25, 0.3) is 10.9 Å². The molecule has 2 rings (SSSR count). The zero-order valence-corrected chi connectivity index (χ0v) is 10.6. The van der Waals surface area contributed by atoms with Crippen LogP contribution in [0.5, 0.6) is 0 Å². The minimum Gasteiger partial charge on any atom is -0.324 e. The molecule has 0 aliphatic carbocycles. The third kappa shape index (κ3) is 2.01. The summed E-state index contributed by atoms with van der Waals surface area (Å²) in [6.07, 6.45) is 0. The molecule has 2 nitrogen and oxygen atoms in total. The summed E-state index contributed by atoms with van der Waals surface area (Å²) < 4.78 is 0. The minimum absolute atomic E-state index is 0.0807. The smallest absolute Gasteiger partial charge is 0.0738 e. The molecule has 1 atom stereocenters. The van der Waals surface area contributed by atoms with Crippen LogP contribution in [0.4, 0.5) is 0 Å². The molecule has 0 amide bonds. The zero-order chi connectivity index (χ0) is 11.9. The number of pyridine rings is 1. The fraction of sp³-hybridized carbons (Fsp3) is 0.250. The van der Waals surface area contributed by atoms with Gasteiger partial charge in [-0.05, 0) is 37.6 Å². The SMILES string of the molecule is Cc1cc(C(C)N)c2c(Cl)cc(Cl)cc2n1. The summed E-state index contributed by atoms with van der Waals surface area (Å²) in [6.45, 7) is 3.86. The van der Waals surface area contributed by atoms with Crippen molar-refractivity contribution in [1.82, 2.24) is 4.98 Å². The average molecular weight is 255 g/mol. The third-order valence-corrected chi connectivity index (χ3v) is 2.99. The Kier molecular flexibility index (Phi) is 3.06. The molecule has 84 valence electrons. The first-order valence-corrected chi connectivity index (χ1v) is 5.76. The van der Waals surface area contributed by atoms with E-state index < -0.39 is 0 Å².